The number of hydrogen-bond donors (Lipinski definition) is 0. The molecule has 0 radical (unpaired) electrons. The summed E-state index contributed by atoms with van der Waals surface area (Å²) in [5.41, 5.74) is 2.70. The monoisotopic (exact) mass is 499 g/mol. The molecule has 2 aromatic carbocycles. The minimum atomic E-state index is 0.0392. The summed E-state index contributed by atoms with van der Waals surface area (Å²) in [6.45, 7) is 5.99. The number of nitrogens with zero attached hydrogens (tertiary/aromatic N) is 5. The minimum absolute atomic E-state index is 0.0392. The Bertz CT molecular complexity index is 1110. The number of carbonyl (C=O) groups excluding carboxylic acids is 1. The standard InChI is InChI=1S/C25H30ClN5O2S/c1-18(16-33-3)31-23(21-6-4-5-7-22(21)26)27-28-25(31)34-17-19-8-10-20(11-9-19)24(32)30-14-12-29(2)13-15-30/h4-11,18H,12-17H2,1-3H3/t18-/m1/s1. The molecule has 1 aromatic heterocycles. The number of amides is 1. The van der Waals surface area contributed by atoms with Crippen molar-refractivity contribution in [3.8, 4) is 11.4 Å². The molecule has 1 saturated heterocycles. The van der Waals surface area contributed by atoms with Gasteiger partial charge in [0, 0.05) is 50.2 Å². The van der Waals surface area contributed by atoms with Crippen LogP contribution in [0.5, 0.6) is 0 Å². The molecule has 4 rings (SSSR count). The van der Waals surface area contributed by atoms with E-state index in [0.717, 1.165) is 53.9 Å². The summed E-state index contributed by atoms with van der Waals surface area (Å²) in [7, 11) is 3.77. The number of methoxy groups -OCH3 is 1. The number of piperazine rings is 1. The van der Waals surface area contributed by atoms with Crippen molar-refractivity contribution >= 4 is 29.3 Å². The number of aromatic nitrogens is 3. The topological polar surface area (TPSA) is 63.5 Å². The number of ether oxygens (including phenoxy) is 1. The number of benzene rings is 2. The Hall–Kier alpha value is -2.39. The largest absolute Gasteiger partial charge is 0.383 e. The molecule has 180 valence electrons. The molecule has 2 heterocycles. The number of hydrogen-bond acceptors (Lipinski definition) is 6. The number of carbonyl (C=O) groups is 1. The number of rotatable bonds is 8. The highest BCUT2D eigenvalue weighted by Crippen LogP contribution is 2.33. The lowest BCUT2D eigenvalue weighted by Crippen LogP contribution is -2.47. The SMILES string of the molecule is COC[C@@H](C)n1c(SCc2ccc(C(=O)N3CCN(C)CC3)cc2)nnc1-c1ccccc1Cl. The van der Waals surface area contributed by atoms with Crippen molar-refractivity contribution in [1.82, 2.24) is 24.6 Å². The highest BCUT2D eigenvalue weighted by molar-refractivity contribution is 7.98. The molecule has 0 saturated carbocycles. The number of likely N-dealkylation sites (N-methyl/N-ethyl adjacent to an activating group) is 1. The van der Waals surface area contributed by atoms with E-state index in [1.807, 2.05) is 53.4 Å². The quantitative estimate of drug-likeness (QED) is 0.426. The Morgan fingerprint density at radius 1 is 1.09 bits per heavy atom. The third-order valence-electron chi connectivity index (χ3n) is 5.99. The zero-order valence-electron chi connectivity index (χ0n) is 19.8. The Balaban J connectivity index is 1.48. The molecule has 1 aliphatic rings. The first-order valence-electron chi connectivity index (χ1n) is 11.4. The van der Waals surface area contributed by atoms with Crippen LogP contribution in [0.3, 0.4) is 0 Å². The maximum Gasteiger partial charge on any atom is 0.253 e. The number of halogens is 1. The van der Waals surface area contributed by atoms with E-state index in [0.29, 0.717) is 17.4 Å². The van der Waals surface area contributed by atoms with Crippen molar-refractivity contribution in [2.24, 2.45) is 0 Å². The van der Waals surface area contributed by atoms with E-state index in [1.165, 1.54) is 0 Å². The van der Waals surface area contributed by atoms with Gasteiger partial charge in [-0.25, -0.2) is 0 Å². The van der Waals surface area contributed by atoms with Crippen molar-refractivity contribution in [1.29, 1.82) is 0 Å². The van der Waals surface area contributed by atoms with Crippen LogP contribution in [-0.4, -0.2) is 77.4 Å². The van der Waals surface area contributed by atoms with Crippen molar-refractivity contribution < 1.29 is 9.53 Å². The molecule has 0 unspecified atom stereocenters. The van der Waals surface area contributed by atoms with E-state index in [9.17, 15) is 4.79 Å². The van der Waals surface area contributed by atoms with E-state index in [2.05, 4.69) is 33.6 Å². The summed E-state index contributed by atoms with van der Waals surface area (Å²) in [6.07, 6.45) is 0. The average Bonchev–Trinajstić information content (AvgIpc) is 3.27. The highest BCUT2D eigenvalue weighted by Gasteiger charge is 2.22. The maximum absolute atomic E-state index is 12.8. The van der Waals surface area contributed by atoms with Gasteiger partial charge in [0.2, 0.25) is 0 Å². The summed E-state index contributed by atoms with van der Waals surface area (Å²) in [5, 5.41) is 10.4. The predicted molar refractivity (Wildman–Crippen MR) is 136 cm³/mol. The molecule has 3 aromatic rings. The molecule has 0 aliphatic carbocycles. The molecule has 0 bridgehead atoms. The Morgan fingerprint density at radius 3 is 2.47 bits per heavy atom. The Morgan fingerprint density at radius 2 is 1.79 bits per heavy atom. The van der Waals surface area contributed by atoms with Crippen LogP contribution < -0.4 is 0 Å². The second-order valence-electron chi connectivity index (χ2n) is 8.54. The highest BCUT2D eigenvalue weighted by atomic mass is 35.5. The smallest absolute Gasteiger partial charge is 0.253 e. The molecule has 9 heteroatoms. The van der Waals surface area contributed by atoms with Gasteiger partial charge >= 0.3 is 0 Å². The van der Waals surface area contributed by atoms with Gasteiger partial charge in [0.1, 0.15) is 0 Å². The van der Waals surface area contributed by atoms with Gasteiger partial charge in [-0.1, -0.05) is 47.6 Å². The summed E-state index contributed by atoms with van der Waals surface area (Å²) >= 11 is 8.05. The summed E-state index contributed by atoms with van der Waals surface area (Å²) in [5.74, 6) is 1.54. The predicted octanol–water partition coefficient (Wildman–Crippen LogP) is 4.49. The zero-order valence-corrected chi connectivity index (χ0v) is 21.3. The average molecular weight is 500 g/mol. The van der Waals surface area contributed by atoms with Crippen molar-refractivity contribution in [3.05, 3.63) is 64.7 Å². The van der Waals surface area contributed by atoms with Crippen LogP contribution in [0.2, 0.25) is 5.02 Å². The van der Waals surface area contributed by atoms with Crippen LogP contribution in [0, 0.1) is 0 Å². The fourth-order valence-corrected chi connectivity index (χ4v) is 5.21. The van der Waals surface area contributed by atoms with Gasteiger partial charge in [-0.15, -0.1) is 10.2 Å². The zero-order chi connectivity index (χ0) is 24.1. The molecule has 0 spiro atoms. The van der Waals surface area contributed by atoms with Crippen LogP contribution in [0.15, 0.2) is 53.7 Å². The Labute approximate surface area is 210 Å². The summed E-state index contributed by atoms with van der Waals surface area (Å²) < 4.78 is 7.48. The second-order valence-corrected chi connectivity index (χ2v) is 9.89. The van der Waals surface area contributed by atoms with E-state index < -0.39 is 0 Å². The van der Waals surface area contributed by atoms with Crippen LogP contribution >= 0.6 is 23.4 Å². The molecule has 7 nitrogen and oxygen atoms in total. The van der Waals surface area contributed by atoms with Gasteiger partial charge in [-0.05, 0) is 43.8 Å². The van der Waals surface area contributed by atoms with Gasteiger partial charge in [0.25, 0.3) is 5.91 Å². The lowest BCUT2D eigenvalue weighted by Gasteiger charge is -2.32. The molecule has 34 heavy (non-hydrogen) atoms. The first-order valence-corrected chi connectivity index (χ1v) is 12.7. The van der Waals surface area contributed by atoms with Crippen LogP contribution in [0.25, 0.3) is 11.4 Å². The summed E-state index contributed by atoms with van der Waals surface area (Å²) in [6, 6.07) is 15.6. The lowest BCUT2D eigenvalue weighted by atomic mass is 10.1. The van der Waals surface area contributed by atoms with E-state index in [-0.39, 0.29) is 11.9 Å². The minimum Gasteiger partial charge on any atom is -0.383 e. The normalized spacial score (nSPS) is 15.5. The molecular formula is C25H30ClN5O2S. The molecule has 1 aliphatic heterocycles. The van der Waals surface area contributed by atoms with Gasteiger partial charge in [-0.3, -0.25) is 9.36 Å². The Kier molecular flexibility index (Phi) is 8.26. The molecule has 1 fully saturated rings. The van der Waals surface area contributed by atoms with Crippen molar-refractivity contribution in [2.45, 2.75) is 23.9 Å². The third-order valence-corrected chi connectivity index (χ3v) is 7.33. The molecule has 0 N–H and O–H groups in total. The first-order chi connectivity index (χ1) is 16.5. The van der Waals surface area contributed by atoms with Gasteiger partial charge in [0.15, 0.2) is 11.0 Å². The summed E-state index contributed by atoms with van der Waals surface area (Å²) in [4.78, 5) is 17.0. The second kappa shape index (κ2) is 11.4. The van der Waals surface area contributed by atoms with Gasteiger partial charge in [0.05, 0.1) is 17.7 Å². The van der Waals surface area contributed by atoms with E-state index in [1.54, 1.807) is 18.9 Å². The van der Waals surface area contributed by atoms with Gasteiger partial charge < -0.3 is 14.5 Å². The molecule has 1 amide bonds. The number of thioether (sulfide) groups is 1. The van der Waals surface area contributed by atoms with Crippen LogP contribution in [0.4, 0.5) is 0 Å². The van der Waals surface area contributed by atoms with Crippen LogP contribution in [-0.2, 0) is 10.5 Å². The van der Waals surface area contributed by atoms with E-state index >= 15 is 0 Å². The van der Waals surface area contributed by atoms with Gasteiger partial charge in [-0.2, -0.15) is 0 Å². The first kappa shape index (κ1) is 24.7. The molecular weight excluding hydrogens is 470 g/mol. The lowest BCUT2D eigenvalue weighted by molar-refractivity contribution is 0.0664. The molecule has 1 atom stereocenters. The van der Waals surface area contributed by atoms with Crippen LogP contribution in [0.1, 0.15) is 28.9 Å². The maximum atomic E-state index is 12.8. The third kappa shape index (κ3) is 5.63. The van der Waals surface area contributed by atoms with E-state index in [4.69, 9.17) is 16.3 Å². The van der Waals surface area contributed by atoms with Crippen molar-refractivity contribution in [2.75, 3.05) is 46.9 Å². The van der Waals surface area contributed by atoms with Crippen molar-refractivity contribution in [3.63, 3.8) is 0 Å². The fraction of sp³-hybridized carbons (Fsp3) is 0.400. The fourth-order valence-electron chi connectivity index (χ4n) is 4.00.